The second-order valence-electron chi connectivity index (χ2n) is 6.36. The number of hydrogen-bond donors (Lipinski definition) is 1. The minimum atomic E-state index is -0.0716. The molecule has 0 aliphatic carbocycles. The van der Waals surface area contributed by atoms with E-state index in [0.29, 0.717) is 5.92 Å². The smallest absolute Gasteiger partial charge is 0.233 e. The van der Waals surface area contributed by atoms with Gasteiger partial charge in [0.25, 0.3) is 0 Å². The molecule has 24 heavy (non-hydrogen) atoms. The van der Waals surface area contributed by atoms with Crippen LogP contribution in [0.2, 0.25) is 0 Å². The monoisotopic (exact) mass is 341 g/mol. The van der Waals surface area contributed by atoms with Gasteiger partial charge in [-0.3, -0.25) is 4.79 Å². The summed E-state index contributed by atoms with van der Waals surface area (Å²) in [6.45, 7) is 7.10. The van der Waals surface area contributed by atoms with Gasteiger partial charge in [0.15, 0.2) is 0 Å². The minimum Gasteiger partial charge on any atom is -0.355 e. The first-order chi connectivity index (χ1) is 11.6. The summed E-state index contributed by atoms with van der Waals surface area (Å²) in [5.74, 6) is 0.681. The van der Waals surface area contributed by atoms with Crippen LogP contribution < -0.4 is 5.32 Å². The van der Waals surface area contributed by atoms with Gasteiger partial charge in [0, 0.05) is 11.4 Å². The van der Waals surface area contributed by atoms with Crippen molar-refractivity contribution in [2.45, 2.75) is 49.7 Å². The Morgan fingerprint density at radius 3 is 2.29 bits per heavy atom. The normalized spacial score (nSPS) is 12.2. The van der Waals surface area contributed by atoms with Crippen LogP contribution in [0.3, 0.4) is 0 Å². The molecule has 0 bridgehead atoms. The van der Waals surface area contributed by atoms with Crippen molar-refractivity contribution in [2.24, 2.45) is 0 Å². The predicted octanol–water partition coefficient (Wildman–Crippen LogP) is 5.04. The molecular weight excluding hydrogens is 314 g/mol. The molecule has 1 atom stereocenters. The van der Waals surface area contributed by atoms with E-state index in [1.165, 1.54) is 11.1 Å². The fraction of sp³-hybridized carbons (Fsp3) is 0.381. The summed E-state index contributed by atoms with van der Waals surface area (Å²) in [5, 5.41) is 2.97. The molecule has 2 nitrogen and oxygen atoms in total. The van der Waals surface area contributed by atoms with Crippen LogP contribution >= 0.6 is 11.8 Å². The van der Waals surface area contributed by atoms with E-state index in [4.69, 9.17) is 0 Å². The Kier molecular flexibility index (Phi) is 7.38. The highest BCUT2D eigenvalue weighted by Gasteiger charge is 2.13. The molecular formula is C21H27NOS. The summed E-state index contributed by atoms with van der Waals surface area (Å²) in [5.41, 5.74) is 2.71. The van der Waals surface area contributed by atoms with Crippen molar-refractivity contribution >= 4 is 17.7 Å². The molecule has 0 spiro atoms. The highest BCUT2D eigenvalue weighted by atomic mass is 32.2. The molecule has 128 valence electrons. The zero-order valence-corrected chi connectivity index (χ0v) is 15.6. The maximum atomic E-state index is 12.1. The molecule has 0 unspecified atom stereocenters. The molecule has 2 aromatic carbocycles. The van der Waals surface area contributed by atoms with E-state index in [0.717, 1.165) is 24.3 Å². The Labute approximate surface area is 150 Å². The molecule has 0 saturated carbocycles. The molecule has 0 aromatic heterocycles. The number of carbonyl (C=O) groups excluding carboxylic acids is 1. The van der Waals surface area contributed by atoms with Gasteiger partial charge in [-0.05, 0) is 48.9 Å². The first-order valence-corrected chi connectivity index (χ1v) is 9.52. The standard InChI is InChI=1S/C21H27NOS/c1-16(2)19-13-11-18(12-14-19)8-7-15-22-21(23)17(3)24-20-9-5-4-6-10-20/h4-6,9-14,16-17H,7-8,15H2,1-3H3,(H,22,23)/t17-/m1/s1. The van der Waals surface area contributed by atoms with Gasteiger partial charge in [0.05, 0.1) is 5.25 Å². The van der Waals surface area contributed by atoms with Crippen LogP contribution in [0.4, 0.5) is 0 Å². The third-order valence-corrected chi connectivity index (χ3v) is 5.13. The number of amides is 1. The van der Waals surface area contributed by atoms with Gasteiger partial charge >= 0.3 is 0 Å². The van der Waals surface area contributed by atoms with Gasteiger partial charge in [-0.2, -0.15) is 0 Å². The van der Waals surface area contributed by atoms with Crippen molar-refractivity contribution in [1.29, 1.82) is 0 Å². The number of carbonyl (C=O) groups is 1. The van der Waals surface area contributed by atoms with E-state index in [1.54, 1.807) is 11.8 Å². The number of aryl methyl sites for hydroxylation is 1. The summed E-state index contributed by atoms with van der Waals surface area (Å²) in [6.07, 6.45) is 1.97. The SMILES string of the molecule is CC(C)c1ccc(CCCNC(=O)[C@@H](C)Sc2ccccc2)cc1. The fourth-order valence-electron chi connectivity index (χ4n) is 2.47. The summed E-state index contributed by atoms with van der Waals surface area (Å²) < 4.78 is 0. The van der Waals surface area contributed by atoms with Gasteiger partial charge < -0.3 is 5.32 Å². The van der Waals surface area contributed by atoms with Crippen LogP contribution in [0, 0.1) is 0 Å². The largest absolute Gasteiger partial charge is 0.355 e. The summed E-state index contributed by atoms with van der Waals surface area (Å²) in [7, 11) is 0. The van der Waals surface area contributed by atoms with Crippen molar-refractivity contribution in [3.63, 3.8) is 0 Å². The van der Waals surface area contributed by atoms with Crippen molar-refractivity contribution in [1.82, 2.24) is 5.32 Å². The Bertz CT molecular complexity index is 622. The molecule has 0 fully saturated rings. The number of benzene rings is 2. The zero-order chi connectivity index (χ0) is 17.4. The quantitative estimate of drug-likeness (QED) is 0.538. The van der Waals surface area contributed by atoms with Crippen LogP contribution in [0.1, 0.15) is 44.2 Å². The van der Waals surface area contributed by atoms with E-state index in [9.17, 15) is 4.79 Å². The second kappa shape index (κ2) is 9.53. The highest BCUT2D eigenvalue weighted by Crippen LogP contribution is 2.22. The van der Waals surface area contributed by atoms with Crippen LogP contribution in [-0.2, 0) is 11.2 Å². The fourth-order valence-corrected chi connectivity index (χ4v) is 3.39. The first-order valence-electron chi connectivity index (χ1n) is 8.64. The Morgan fingerprint density at radius 1 is 1.00 bits per heavy atom. The van der Waals surface area contributed by atoms with E-state index < -0.39 is 0 Å². The molecule has 0 aliphatic heterocycles. The van der Waals surface area contributed by atoms with Gasteiger partial charge in [-0.15, -0.1) is 11.8 Å². The van der Waals surface area contributed by atoms with Crippen LogP contribution in [-0.4, -0.2) is 17.7 Å². The molecule has 0 heterocycles. The topological polar surface area (TPSA) is 29.1 Å². The van der Waals surface area contributed by atoms with Gasteiger partial charge in [-0.1, -0.05) is 56.3 Å². The Morgan fingerprint density at radius 2 is 1.67 bits per heavy atom. The van der Waals surface area contributed by atoms with Crippen LogP contribution in [0.5, 0.6) is 0 Å². The third kappa shape index (κ3) is 6.04. The average molecular weight is 342 g/mol. The summed E-state index contributed by atoms with van der Waals surface area (Å²) in [4.78, 5) is 13.3. The number of rotatable bonds is 8. The first kappa shape index (κ1) is 18.6. The lowest BCUT2D eigenvalue weighted by Crippen LogP contribution is -2.31. The van der Waals surface area contributed by atoms with E-state index in [1.807, 2.05) is 37.3 Å². The van der Waals surface area contributed by atoms with Crippen molar-refractivity contribution < 1.29 is 4.79 Å². The summed E-state index contributed by atoms with van der Waals surface area (Å²) >= 11 is 1.60. The Hall–Kier alpha value is -1.74. The maximum Gasteiger partial charge on any atom is 0.233 e. The average Bonchev–Trinajstić information content (AvgIpc) is 2.59. The Balaban J connectivity index is 1.68. The van der Waals surface area contributed by atoms with Crippen molar-refractivity contribution in [3.05, 3.63) is 65.7 Å². The molecule has 1 N–H and O–H groups in total. The van der Waals surface area contributed by atoms with Gasteiger partial charge in [0.1, 0.15) is 0 Å². The third-order valence-electron chi connectivity index (χ3n) is 4.01. The second-order valence-corrected chi connectivity index (χ2v) is 7.78. The van der Waals surface area contributed by atoms with Crippen molar-refractivity contribution in [2.75, 3.05) is 6.54 Å². The van der Waals surface area contributed by atoms with Gasteiger partial charge in [0.2, 0.25) is 5.91 Å². The van der Waals surface area contributed by atoms with E-state index >= 15 is 0 Å². The molecule has 0 radical (unpaired) electrons. The number of nitrogens with one attached hydrogen (secondary N) is 1. The highest BCUT2D eigenvalue weighted by molar-refractivity contribution is 8.00. The number of thioether (sulfide) groups is 1. The molecule has 1 amide bonds. The molecule has 2 aromatic rings. The van der Waals surface area contributed by atoms with E-state index in [2.05, 4.69) is 43.4 Å². The zero-order valence-electron chi connectivity index (χ0n) is 14.8. The maximum absolute atomic E-state index is 12.1. The molecule has 0 aliphatic rings. The lowest BCUT2D eigenvalue weighted by Gasteiger charge is -2.12. The van der Waals surface area contributed by atoms with Gasteiger partial charge in [-0.25, -0.2) is 0 Å². The lowest BCUT2D eigenvalue weighted by atomic mass is 10.0. The minimum absolute atomic E-state index is 0.0716. The number of hydrogen-bond acceptors (Lipinski definition) is 2. The lowest BCUT2D eigenvalue weighted by molar-refractivity contribution is -0.120. The molecule has 2 rings (SSSR count). The van der Waals surface area contributed by atoms with E-state index in [-0.39, 0.29) is 11.2 Å². The van der Waals surface area contributed by atoms with Crippen LogP contribution in [0.15, 0.2) is 59.5 Å². The van der Waals surface area contributed by atoms with Crippen molar-refractivity contribution in [3.8, 4) is 0 Å². The predicted molar refractivity (Wildman–Crippen MR) is 104 cm³/mol. The van der Waals surface area contributed by atoms with Crippen LogP contribution in [0.25, 0.3) is 0 Å². The molecule has 0 saturated heterocycles. The summed E-state index contributed by atoms with van der Waals surface area (Å²) in [6, 6.07) is 18.9. The molecule has 3 heteroatoms.